The van der Waals surface area contributed by atoms with Crippen LogP contribution < -0.4 is 5.32 Å². The van der Waals surface area contributed by atoms with E-state index in [9.17, 15) is 4.79 Å². The fourth-order valence-corrected chi connectivity index (χ4v) is 0.950. The van der Waals surface area contributed by atoms with Gasteiger partial charge in [-0.3, -0.25) is 4.79 Å². The Labute approximate surface area is 84.4 Å². The molecule has 4 nitrogen and oxygen atoms in total. The maximum Gasteiger partial charge on any atom is 0.325 e. The van der Waals surface area contributed by atoms with Crippen LogP contribution in [-0.4, -0.2) is 24.6 Å². The lowest BCUT2D eigenvalue weighted by Crippen LogP contribution is -2.15. The Morgan fingerprint density at radius 3 is 3.00 bits per heavy atom. The summed E-state index contributed by atoms with van der Waals surface area (Å²) in [6.45, 7) is 0.130. The molecule has 0 saturated heterocycles. The molecular formula is C8H9BrN2O2. The van der Waals surface area contributed by atoms with E-state index in [4.69, 9.17) is 0 Å². The van der Waals surface area contributed by atoms with Crippen molar-refractivity contribution in [1.82, 2.24) is 4.98 Å². The molecule has 0 fully saturated rings. The third-order valence-corrected chi connectivity index (χ3v) is 1.84. The molecule has 1 aromatic rings. The first kappa shape index (κ1) is 9.98. The van der Waals surface area contributed by atoms with Gasteiger partial charge >= 0.3 is 5.97 Å². The van der Waals surface area contributed by atoms with Gasteiger partial charge in [0.1, 0.15) is 12.4 Å². The average molecular weight is 245 g/mol. The van der Waals surface area contributed by atoms with Crippen molar-refractivity contribution < 1.29 is 9.53 Å². The van der Waals surface area contributed by atoms with Crippen LogP contribution in [0.1, 0.15) is 0 Å². The molecule has 1 aromatic heterocycles. The number of hydrogen-bond donors (Lipinski definition) is 1. The number of halogens is 1. The highest BCUT2D eigenvalue weighted by Crippen LogP contribution is 2.09. The highest BCUT2D eigenvalue weighted by molar-refractivity contribution is 9.10. The van der Waals surface area contributed by atoms with Crippen molar-refractivity contribution in [3.8, 4) is 0 Å². The van der Waals surface area contributed by atoms with Crippen LogP contribution in [0, 0.1) is 0 Å². The van der Waals surface area contributed by atoms with Gasteiger partial charge < -0.3 is 10.1 Å². The number of aromatic nitrogens is 1. The SMILES string of the molecule is COC(=O)CNc1ccc(Br)cn1. The molecule has 1 N–H and O–H groups in total. The Kier molecular flexibility index (Phi) is 3.70. The number of esters is 1. The Hall–Kier alpha value is -1.10. The summed E-state index contributed by atoms with van der Waals surface area (Å²) in [5, 5.41) is 2.82. The third-order valence-electron chi connectivity index (χ3n) is 1.37. The Bertz CT molecular complexity index is 287. The lowest BCUT2D eigenvalue weighted by atomic mass is 10.4. The van der Waals surface area contributed by atoms with Crippen LogP contribution in [0.5, 0.6) is 0 Å². The minimum atomic E-state index is -0.315. The second-order valence-corrected chi connectivity index (χ2v) is 3.21. The van der Waals surface area contributed by atoms with Gasteiger partial charge in [-0.15, -0.1) is 0 Å². The minimum Gasteiger partial charge on any atom is -0.468 e. The summed E-state index contributed by atoms with van der Waals surface area (Å²) in [5.74, 6) is 0.332. The molecule has 13 heavy (non-hydrogen) atoms. The van der Waals surface area contributed by atoms with Crippen molar-refractivity contribution in [1.29, 1.82) is 0 Å². The van der Waals surface area contributed by atoms with E-state index < -0.39 is 0 Å². The zero-order chi connectivity index (χ0) is 9.68. The quantitative estimate of drug-likeness (QED) is 0.818. The van der Waals surface area contributed by atoms with E-state index >= 15 is 0 Å². The third kappa shape index (κ3) is 3.42. The van der Waals surface area contributed by atoms with Crippen molar-refractivity contribution in [2.24, 2.45) is 0 Å². The highest BCUT2D eigenvalue weighted by Gasteiger charge is 1.99. The first-order chi connectivity index (χ1) is 6.22. The zero-order valence-corrected chi connectivity index (χ0v) is 8.67. The van der Waals surface area contributed by atoms with Crippen molar-refractivity contribution in [3.63, 3.8) is 0 Å². The van der Waals surface area contributed by atoms with Crippen molar-refractivity contribution >= 4 is 27.7 Å². The van der Waals surface area contributed by atoms with Crippen molar-refractivity contribution in [2.75, 3.05) is 19.0 Å². The molecule has 0 aliphatic carbocycles. The highest BCUT2D eigenvalue weighted by atomic mass is 79.9. The fraction of sp³-hybridized carbons (Fsp3) is 0.250. The lowest BCUT2D eigenvalue weighted by Gasteiger charge is -2.02. The van der Waals surface area contributed by atoms with E-state index in [1.54, 1.807) is 12.3 Å². The molecule has 0 radical (unpaired) electrons. The standard InChI is InChI=1S/C8H9BrN2O2/c1-13-8(12)5-11-7-3-2-6(9)4-10-7/h2-4H,5H2,1H3,(H,10,11). The van der Waals surface area contributed by atoms with Crippen molar-refractivity contribution in [2.45, 2.75) is 0 Å². The second kappa shape index (κ2) is 4.81. The number of pyridine rings is 1. The van der Waals surface area contributed by atoms with Gasteiger partial charge in [0.2, 0.25) is 0 Å². The molecule has 0 bridgehead atoms. The molecule has 0 saturated carbocycles. The molecule has 0 atom stereocenters. The molecule has 0 aliphatic heterocycles. The topological polar surface area (TPSA) is 51.2 Å². The van der Waals surface area contributed by atoms with Gasteiger partial charge in [-0.05, 0) is 28.1 Å². The van der Waals surface area contributed by atoms with Gasteiger partial charge in [0.15, 0.2) is 0 Å². The van der Waals surface area contributed by atoms with E-state index in [1.165, 1.54) is 7.11 Å². The summed E-state index contributed by atoms with van der Waals surface area (Å²) < 4.78 is 5.36. The number of carbonyl (C=O) groups excluding carboxylic acids is 1. The maximum absolute atomic E-state index is 10.7. The van der Waals surface area contributed by atoms with Crippen LogP contribution in [0.3, 0.4) is 0 Å². The van der Waals surface area contributed by atoms with Crippen LogP contribution in [-0.2, 0) is 9.53 Å². The van der Waals surface area contributed by atoms with Crippen LogP contribution >= 0.6 is 15.9 Å². The number of carbonyl (C=O) groups is 1. The largest absolute Gasteiger partial charge is 0.468 e. The summed E-state index contributed by atoms with van der Waals surface area (Å²) >= 11 is 3.26. The lowest BCUT2D eigenvalue weighted by molar-refractivity contribution is -0.138. The van der Waals surface area contributed by atoms with Gasteiger partial charge in [-0.1, -0.05) is 0 Å². The molecular weight excluding hydrogens is 236 g/mol. The number of nitrogens with zero attached hydrogens (tertiary/aromatic N) is 1. The molecule has 0 aliphatic rings. The molecule has 5 heteroatoms. The molecule has 1 heterocycles. The zero-order valence-electron chi connectivity index (χ0n) is 7.08. The van der Waals surface area contributed by atoms with Gasteiger partial charge in [0.05, 0.1) is 7.11 Å². The van der Waals surface area contributed by atoms with Crippen LogP contribution in [0.2, 0.25) is 0 Å². The summed E-state index contributed by atoms with van der Waals surface area (Å²) in [5.41, 5.74) is 0. The summed E-state index contributed by atoms with van der Waals surface area (Å²) in [6.07, 6.45) is 1.65. The number of rotatable bonds is 3. The minimum absolute atomic E-state index is 0.130. The van der Waals surface area contributed by atoms with Gasteiger partial charge in [-0.25, -0.2) is 4.98 Å². The van der Waals surface area contributed by atoms with E-state index in [0.717, 1.165) is 4.47 Å². The van der Waals surface area contributed by atoms with Crippen LogP contribution in [0.25, 0.3) is 0 Å². The molecule has 1 rings (SSSR count). The molecule has 0 aromatic carbocycles. The number of methoxy groups -OCH3 is 1. The van der Waals surface area contributed by atoms with E-state index in [-0.39, 0.29) is 12.5 Å². The van der Waals surface area contributed by atoms with Crippen LogP contribution in [0.15, 0.2) is 22.8 Å². The van der Waals surface area contributed by atoms with E-state index in [2.05, 4.69) is 31.0 Å². The number of ether oxygens (including phenoxy) is 1. The number of hydrogen-bond acceptors (Lipinski definition) is 4. The molecule has 0 unspecified atom stereocenters. The van der Waals surface area contributed by atoms with Gasteiger partial charge in [0, 0.05) is 10.7 Å². The van der Waals surface area contributed by atoms with E-state index in [0.29, 0.717) is 5.82 Å². The smallest absolute Gasteiger partial charge is 0.325 e. The predicted octanol–water partition coefficient (Wildman–Crippen LogP) is 1.43. The average Bonchev–Trinajstić information content (AvgIpc) is 2.16. The predicted molar refractivity (Wildman–Crippen MR) is 52.4 cm³/mol. The summed E-state index contributed by atoms with van der Waals surface area (Å²) in [6, 6.07) is 3.61. The van der Waals surface area contributed by atoms with Gasteiger partial charge in [-0.2, -0.15) is 0 Å². The molecule has 0 amide bonds. The summed E-state index contributed by atoms with van der Waals surface area (Å²) in [7, 11) is 1.35. The monoisotopic (exact) mass is 244 g/mol. The first-order valence-corrected chi connectivity index (χ1v) is 4.44. The van der Waals surface area contributed by atoms with Crippen molar-refractivity contribution in [3.05, 3.63) is 22.8 Å². The Balaban J connectivity index is 2.46. The van der Waals surface area contributed by atoms with E-state index in [1.807, 2.05) is 6.07 Å². The molecule has 70 valence electrons. The fourth-order valence-electron chi connectivity index (χ4n) is 0.715. The number of nitrogens with one attached hydrogen (secondary N) is 1. The summed E-state index contributed by atoms with van der Waals surface area (Å²) in [4.78, 5) is 14.7. The van der Waals surface area contributed by atoms with Crippen LogP contribution in [0.4, 0.5) is 5.82 Å². The first-order valence-electron chi connectivity index (χ1n) is 3.64. The Morgan fingerprint density at radius 1 is 1.69 bits per heavy atom. The second-order valence-electron chi connectivity index (χ2n) is 2.29. The normalized spacial score (nSPS) is 9.38. The number of anilines is 1. The van der Waals surface area contributed by atoms with Gasteiger partial charge in [0.25, 0.3) is 0 Å². The Morgan fingerprint density at radius 2 is 2.46 bits per heavy atom. The molecule has 0 spiro atoms. The maximum atomic E-state index is 10.7.